The Bertz CT molecular complexity index is 944. The predicted molar refractivity (Wildman–Crippen MR) is 101 cm³/mol. The topological polar surface area (TPSA) is 67.9 Å². The highest BCUT2D eigenvalue weighted by molar-refractivity contribution is 5.95. The van der Waals surface area contributed by atoms with Gasteiger partial charge in [-0.2, -0.15) is 0 Å². The second-order valence-corrected chi connectivity index (χ2v) is 6.32. The second-order valence-electron chi connectivity index (χ2n) is 6.32. The van der Waals surface area contributed by atoms with Gasteiger partial charge in [0.05, 0.1) is 23.9 Å². The van der Waals surface area contributed by atoms with Gasteiger partial charge < -0.3 is 14.8 Å². The first-order valence-electron chi connectivity index (χ1n) is 8.99. The third-order valence-corrected chi connectivity index (χ3v) is 4.44. The lowest BCUT2D eigenvalue weighted by Gasteiger charge is -2.34. The van der Waals surface area contributed by atoms with Crippen LogP contribution in [0, 0.1) is 11.6 Å². The Balaban J connectivity index is 2.02. The van der Waals surface area contributed by atoms with Crippen LogP contribution in [0.3, 0.4) is 0 Å². The van der Waals surface area contributed by atoms with E-state index in [1.54, 1.807) is 13.0 Å². The molecule has 0 spiro atoms. The highest BCUT2D eigenvalue weighted by Crippen LogP contribution is 2.31. The average molecular weight is 402 g/mol. The minimum Gasteiger partial charge on any atom is -0.487 e. The highest BCUT2D eigenvalue weighted by atomic mass is 19.1. The van der Waals surface area contributed by atoms with E-state index in [1.807, 2.05) is 0 Å². The maximum absolute atomic E-state index is 13.8. The summed E-state index contributed by atoms with van der Waals surface area (Å²) in [4.78, 5) is 26.5. The molecule has 1 atom stereocenters. The van der Waals surface area contributed by atoms with Gasteiger partial charge in [0, 0.05) is 7.05 Å². The van der Waals surface area contributed by atoms with E-state index >= 15 is 0 Å². The van der Waals surface area contributed by atoms with Crippen molar-refractivity contribution in [1.29, 1.82) is 0 Å². The number of nitrogens with zero attached hydrogens (tertiary/aromatic N) is 1. The molecule has 0 saturated carbocycles. The zero-order chi connectivity index (χ0) is 21.0. The molecule has 29 heavy (non-hydrogen) atoms. The number of likely N-dealkylation sites (N-methyl/N-ethyl adjacent to an activating group) is 1. The molecule has 0 unspecified atom stereocenters. The molecule has 2 aromatic carbocycles. The summed E-state index contributed by atoms with van der Waals surface area (Å²) >= 11 is 0. The lowest BCUT2D eigenvalue weighted by atomic mass is 9.94. The summed E-state index contributed by atoms with van der Waals surface area (Å²) < 4.78 is 37.7. The van der Waals surface area contributed by atoms with Gasteiger partial charge in [0.2, 0.25) is 0 Å². The standard InChI is InChI=1S/C21H20F2N2O4/c1-3-28-20(26)18-17(12-29-16-9-7-14(22)8-10-16)25(2)21(27)24-19(18)13-5-4-6-15(23)11-13/h4-11,19H,3,12H2,1-2H3,(H,24,27)/t19-/m1/s1. The number of amides is 2. The molecule has 1 heterocycles. The van der Waals surface area contributed by atoms with Crippen LogP contribution in [0.25, 0.3) is 0 Å². The number of rotatable bonds is 6. The molecule has 0 radical (unpaired) electrons. The molecule has 0 saturated heterocycles. The van der Waals surface area contributed by atoms with E-state index in [4.69, 9.17) is 9.47 Å². The fourth-order valence-electron chi connectivity index (χ4n) is 3.00. The quantitative estimate of drug-likeness (QED) is 0.751. The lowest BCUT2D eigenvalue weighted by Crippen LogP contribution is -2.48. The Labute approximate surface area is 166 Å². The fourth-order valence-corrected chi connectivity index (χ4v) is 3.00. The van der Waals surface area contributed by atoms with Crippen LogP contribution in [-0.4, -0.2) is 37.2 Å². The Hall–Kier alpha value is -3.42. The second kappa shape index (κ2) is 8.72. The van der Waals surface area contributed by atoms with Crippen molar-refractivity contribution in [2.75, 3.05) is 20.3 Å². The largest absolute Gasteiger partial charge is 0.487 e. The summed E-state index contributed by atoms with van der Waals surface area (Å²) in [5, 5.41) is 2.69. The number of ether oxygens (including phenoxy) is 2. The van der Waals surface area contributed by atoms with Crippen LogP contribution >= 0.6 is 0 Å². The number of benzene rings is 2. The molecule has 8 heteroatoms. The highest BCUT2D eigenvalue weighted by Gasteiger charge is 2.37. The summed E-state index contributed by atoms with van der Waals surface area (Å²) in [6.07, 6.45) is 0. The summed E-state index contributed by atoms with van der Waals surface area (Å²) in [6.45, 7) is 1.65. The summed E-state index contributed by atoms with van der Waals surface area (Å²) in [5.74, 6) is -1.19. The number of hydrogen-bond donors (Lipinski definition) is 1. The zero-order valence-corrected chi connectivity index (χ0v) is 15.9. The third-order valence-electron chi connectivity index (χ3n) is 4.44. The normalized spacial score (nSPS) is 16.5. The molecule has 3 rings (SSSR count). The van der Waals surface area contributed by atoms with E-state index in [2.05, 4.69) is 5.32 Å². The Morgan fingerprint density at radius 2 is 1.86 bits per heavy atom. The van der Waals surface area contributed by atoms with Gasteiger partial charge in [0.15, 0.2) is 0 Å². The SMILES string of the molecule is CCOC(=O)C1=C(COc2ccc(F)cc2)N(C)C(=O)N[C@@H]1c1cccc(F)c1. The molecule has 1 aliphatic rings. The van der Waals surface area contributed by atoms with Gasteiger partial charge in [0.25, 0.3) is 0 Å². The van der Waals surface area contributed by atoms with Gasteiger partial charge in [-0.05, 0) is 48.9 Å². The van der Waals surface area contributed by atoms with Gasteiger partial charge in [-0.3, -0.25) is 4.90 Å². The van der Waals surface area contributed by atoms with Crippen molar-refractivity contribution in [2.45, 2.75) is 13.0 Å². The lowest BCUT2D eigenvalue weighted by molar-refractivity contribution is -0.139. The van der Waals surface area contributed by atoms with Gasteiger partial charge >= 0.3 is 12.0 Å². The van der Waals surface area contributed by atoms with E-state index in [0.29, 0.717) is 11.3 Å². The summed E-state index contributed by atoms with van der Waals surface area (Å²) in [5.41, 5.74) is 0.807. The molecule has 152 valence electrons. The van der Waals surface area contributed by atoms with Crippen molar-refractivity contribution in [3.8, 4) is 5.75 Å². The summed E-state index contributed by atoms with van der Waals surface area (Å²) in [7, 11) is 1.49. The van der Waals surface area contributed by atoms with Crippen molar-refractivity contribution in [2.24, 2.45) is 0 Å². The zero-order valence-electron chi connectivity index (χ0n) is 15.9. The smallest absolute Gasteiger partial charge is 0.338 e. The molecule has 0 aromatic heterocycles. The minimum absolute atomic E-state index is 0.127. The van der Waals surface area contributed by atoms with Crippen LogP contribution in [0.1, 0.15) is 18.5 Å². The van der Waals surface area contributed by atoms with Crippen molar-refractivity contribution >= 4 is 12.0 Å². The Kier molecular flexibility index (Phi) is 6.11. The monoisotopic (exact) mass is 402 g/mol. The number of halogens is 2. The van der Waals surface area contributed by atoms with Crippen LogP contribution in [0.2, 0.25) is 0 Å². The molecule has 0 fully saturated rings. The number of carbonyl (C=O) groups is 2. The van der Waals surface area contributed by atoms with Crippen LogP contribution in [-0.2, 0) is 9.53 Å². The van der Waals surface area contributed by atoms with Gasteiger partial charge in [-0.25, -0.2) is 18.4 Å². The van der Waals surface area contributed by atoms with Gasteiger partial charge in [-0.1, -0.05) is 12.1 Å². The molecule has 0 bridgehead atoms. The molecule has 6 nitrogen and oxygen atoms in total. The molecular weight excluding hydrogens is 382 g/mol. The maximum Gasteiger partial charge on any atom is 0.338 e. The van der Waals surface area contributed by atoms with Gasteiger partial charge in [0.1, 0.15) is 24.0 Å². The number of esters is 1. The van der Waals surface area contributed by atoms with E-state index in [-0.39, 0.29) is 24.5 Å². The molecule has 2 aromatic rings. The fraction of sp³-hybridized carbons (Fsp3) is 0.238. The van der Waals surface area contributed by atoms with Crippen molar-refractivity contribution in [1.82, 2.24) is 10.2 Å². The third kappa shape index (κ3) is 4.53. The van der Waals surface area contributed by atoms with Crippen molar-refractivity contribution in [3.63, 3.8) is 0 Å². The van der Waals surface area contributed by atoms with E-state index in [1.165, 1.54) is 54.4 Å². The first-order valence-corrected chi connectivity index (χ1v) is 8.99. The van der Waals surface area contributed by atoms with E-state index < -0.39 is 29.7 Å². The molecule has 1 N–H and O–H groups in total. The first kappa shape index (κ1) is 20.3. The minimum atomic E-state index is -0.903. The Morgan fingerprint density at radius 3 is 2.52 bits per heavy atom. The molecular formula is C21H20F2N2O4. The van der Waals surface area contributed by atoms with Crippen molar-refractivity contribution in [3.05, 3.63) is 77.0 Å². The van der Waals surface area contributed by atoms with Gasteiger partial charge in [-0.15, -0.1) is 0 Å². The van der Waals surface area contributed by atoms with Crippen LogP contribution in [0.5, 0.6) is 5.75 Å². The first-order chi connectivity index (χ1) is 13.9. The van der Waals surface area contributed by atoms with E-state index in [9.17, 15) is 18.4 Å². The van der Waals surface area contributed by atoms with Crippen LogP contribution < -0.4 is 10.1 Å². The van der Waals surface area contributed by atoms with Crippen LogP contribution in [0.4, 0.5) is 13.6 Å². The Morgan fingerprint density at radius 1 is 1.14 bits per heavy atom. The molecule has 2 amide bonds. The average Bonchev–Trinajstić information content (AvgIpc) is 2.70. The number of urea groups is 1. The number of carbonyl (C=O) groups excluding carboxylic acids is 2. The predicted octanol–water partition coefficient (Wildman–Crippen LogP) is 3.56. The van der Waals surface area contributed by atoms with Crippen LogP contribution in [0.15, 0.2) is 59.8 Å². The van der Waals surface area contributed by atoms with E-state index in [0.717, 1.165) is 0 Å². The molecule has 0 aliphatic carbocycles. The summed E-state index contributed by atoms with van der Waals surface area (Å²) in [6, 6.07) is 9.58. The number of hydrogen-bond acceptors (Lipinski definition) is 4. The van der Waals surface area contributed by atoms with Crippen molar-refractivity contribution < 1.29 is 27.8 Å². The number of nitrogens with one attached hydrogen (secondary N) is 1. The maximum atomic E-state index is 13.8. The molecule has 1 aliphatic heterocycles.